The van der Waals surface area contributed by atoms with E-state index in [0.717, 1.165) is 8.66 Å². The second-order valence-electron chi connectivity index (χ2n) is 4.27. The third-order valence-corrected chi connectivity index (χ3v) is 5.37. The molecule has 90 valence electrons. The van der Waals surface area contributed by atoms with Gasteiger partial charge in [0.15, 0.2) is 0 Å². The van der Waals surface area contributed by atoms with Gasteiger partial charge in [0.2, 0.25) is 0 Å². The minimum absolute atomic E-state index is 0.345. The number of hydrogen-bond acceptors (Lipinski definition) is 2. The second-order valence-corrected chi connectivity index (χ2v) is 9.01. The van der Waals surface area contributed by atoms with Gasteiger partial charge in [-0.15, -0.1) is 11.3 Å². The van der Waals surface area contributed by atoms with Crippen LogP contribution in [0.4, 0.5) is 0 Å². The third kappa shape index (κ3) is 3.65. The van der Waals surface area contributed by atoms with Gasteiger partial charge in [-0.2, -0.15) is 4.40 Å². The van der Waals surface area contributed by atoms with E-state index in [-0.39, 0.29) is 4.75 Å². The minimum atomic E-state index is -1.25. The van der Waals surface area contributed by atoms with Gasteiger partial charge in [-0.3, -0.25) is 0 Å². The topological polar surface area (TPSA) is 29.4 Å². The summed E-state index contributed by atoms with van der Waals surface area (Å²) in [7, 11) is -1.25. The first-order valence-corrected chi connectivity index (χ1v) is 7.73. The number of nitrogens with zero attached hydrogens (tertiary/aromatic N) is 1. The monoisotopic (exact) mass is 341 g/mol. The highest BCUT2D eigenvalue weighted by Gasteiger charge is 2.20. The summed E-state index contributed by atoms with van der Waals surface area (Å²) in [5.41, 5.74) is 0.717. The van der Waals surface area contributed by atoms with Crippen molar-refractivity contribution in [2.45, 2.75) is 32.4 Å². The lowest BCUT2D eigenvalue weighted by Crippen LogP contribution is -2.20. The molecule has 16 heavy (non-hydrogen) atoms. The Balaban J connectivity index is 3.03. The molecular formula is C10H13BrClNOS2. The highest BCUT2D eigenvalue weighted by molar-refractivity contribution is 9.11. The van der Waals surface area contributed by atoms with E-state index in [1.54, 1.807) is 0 Å². The van der Waals surface area contributed by atoms with Crippen molar-refractivity contribution in [1.29, 1.82) is 0 Å². The van der Waals surface area contributed by atoms with Crippen LogP contribution < -0.4 is 0 Å². The molecular weight excluding hydrogens is 330 g/mol. The molecule has 1 heterocycles. The second kappa shape index (κ2) is 5.29. The highest BCUT2D eigenvalue weighted by Crippen LogP contribution is 2.31. The van der Waals surface area contributed by atoms with Crippen LogP contribution >= 0.6 is 38.9 Å². The zero-order valence-corrected chi connectivity index (χ0v) is 13.5. The van der Waals surface area contributed by atoms with Gasteiger partial charge >= 0.3 is 0 Å². The van der Waals surface area contributed by atoms with Crippen molar-refractivity contribution in [2.24, 2.45) is 4.40 Å². The van der Waals surface area contributed by atoms with Crippen LogP contribution in [0.2, 0.25) is 5.02 Å². The molecule has 0 saturated carbocycles. The average Bonchev–Trinajstić information content (AvgIpc) is 2.43. The van der Waals surface area contributed by atoms with E-state index in [4.69, 9.17) is 11.6 Å². The molecule has 0 fully saturated rings. The van der Waals surface area contributed by atoms with Crippen LogP contribution in [0.3, 0.4) is 0 Å². The molecule has 0 aliphatic heterocycles. The lowest BCUT2D eigenvalue weighted by molar-refractivity contribution is 0.650. The Bertz CT molecular complexity index is 448. The molecule has 0 amide bonds. The predicted octanol–water partition coefficient (Wildman–Crippen LogP) is 4.44. The first-order valence-electron chi connectivity index (χ1n) is 4.64. The van der Waals surface area contributed by atoms with E-state index in [0.29, 0.717) is 10.7 Å². The van der Waals surface area contributed by atoms with Crippen LogP contribution in [0.25, 0.3) is 0 Å². The Morgan fingerprint density at radius 1 is 1.56 bits per heavy atom. The SMILES string of the molecule is C/C(=N\[S@](=O)C(C)(C)C)c1sc(Br)cc1Cl. The molecule has 0 unspecified atom stereocenters. The van der Waals surface area contributed by atoms with Gasteiger partial charge in [0.25, 0.3) is 0 Å². The summed E-state index contributed by atoms with van der Waals surface area (Å²) in [4.78, 5) is 0.867. The molecule has 0 bridgehead atoms. The Morgan fingerprint density at radius 2 is 2.12 bits per heavy atom. The molecule has 0 saturated heterocycles. The molecule has 0 aromatic carbocycles. The molecule has 1 aromatic heterocycles. The van der Waals surface area contributed by atoms with Crippen molar-refractivity contribution in [1.82, 2.24) is 0 Å². The fourth-order valence-corrected chi connectivity index (χ4v) is 3.56. The number of rotatable bonds is 2. The maximum absolute atomic E-state index is 11.8. The van der Waals surface area contributed by atoms with E-state index in [1.165, 1.54) is 11.3 Å². The van der Waals surface area contributed by atoms with Crippen LogP contribution in [0.5, 0.6) is 0 Å². The van der Waals surface area contributed by atoms with Crippen LogP contribution in [0.15, 0.2) is 14.3 Å². The Kier molecular flexibility index (Phi) is 4.75. The van der Waals surface area contributed by atoms with E-state index >= 15 is 0 Å². The number of hydrogen-bond donors (Lipinski definition) is 0. The Labute approximate surface area is 116 Å². The summed E-state index contributed by atoms with van der Waals surface area (Å²) in [5, 5.41) is 0.643. The lowest BCUT2D eigenvalue weighted by Gasteiger charge is -2.13. The van der Waals surface area contributed by atoms with Crippen LogP contribution in [0.1, 0.15) is 32.6 Å². The number of halogens is 2. The molecule has 0 aliphatic carbocycles. The van der Waals surface area contributed by atoms with Gasteiger partial charge < -0.3 is 0 Å². The van der Waals surface area contributed by atoms with Gasteiger partial charge in [0.05, 0.1) is 24.1 Å². The smallest absolute Gasteiger partial charge is 0.145 e. The van der Waals surface area contributed by atoms with Gasteiger partial charge in [-0.05, 0) is 49.7 Å². The quantitative estimate of drug-likeness (QED) is 0.731. The van der Waals surface area contributed by atoms with Crippen molar-refractivity contribution in [3.05, 3.63) is 19.8 Å². The van der Waals surface area contributed by atoms with Crippen molar-refractivity contribution in [3.63, 3.8) is 0 Å². The zero-order valence-electron chi connectivity index (χ0n) is 9.51. The van der Waals surface area contributed by atoms with Crippen molar-refractivity contribution < 1.29 is 4.21 Å². The molecule has 0 aliphatic rings. The molecule has 0 radical (unpaired) electrons. The lowest BCUT2D eigenvalue weighted by atomic mass is 10.3. The van der Waals surface area contributed by atoms with E-state index in [9.17, 15) is 4.21 Å². The van der Waals surface area contributed by atoms with Gasteiger partial charge in [0, 0.05) is 0 Å². The standard InChI is InChI=1S/C10H13BrClNOS2/c1-6(13-16(14)10(2,3)4)9-7(12)5-8(11)15-9/h5H,1-4H3/b13-6+/t16-/m1/s1. The maximum atomic E-state index is 11.8. The van der Waals surface area contributed by atoms with Crippen LogP contribution in [-0.2, 0) is 11.0 Å². The Hall–Kier alpha value is 0.290. The molecule has 6 heteroatoms. The molecule has 0 N–H and O–H groups in total. The van der Waals surface area contributed by atoms with Crippen molar-refractivity contribution >= 4 is 55.6 Å². The molecule has 1 rings (SSSR count). The summed E-state index contributed by atoms with van der Waals surface area (Å²) < 4.78 is 16.6. The summed E-state index contributed by atoms with van der Waals surface area (Å²) in [6.07, 6.45) is 0. The summed E-state index contributed by atoms with van der Waals surface area (Å²) >= 11 is 10.9. The zero-order chi connectivity index (χ0) is 12.5. The number of thiophene rings is 1. The van der Waals surface area contributed by atoms with Crippen LogP contribution in [0, 0.1) is 0 Å². The molecule has 0 spiro atoms. The minimum Gasteiger partial charge on any atom is -0.234 e. The normalized spacial score (nSPS) is 15.2. The van der Waals surface area contributed by atoms with E-state index in [2.05, 4.69) is 20.3 Å². The third-order valence-electron chi connectivity index (χ3n) is 1.73. The maximum Gasteiger partial charge on any atom is 0.145 e. The molecule has 1 atom stereocenters. The molecule has 2 nitrogen and oxygen atoms in total. The van der Waals surface area contributed by atoms with Gasteiger partial charge in [-0.25, -0.2) is 4.21 Å². The predicted molar refractivity (Wildman–Crippen MR) is 77.1 cm³/mol. The van der Waals surface area contributed by atoms with Crippen molar-refractivity contribution in [2.75, 3.05) is 0 Å². The van der Waals surface area contributed by atoms with E-state index in [1.807, 2.05) is 33.8 Å². The van der Waals surface area contributed by atoms with Gasteiger partial charge in [0.1, 0.15) is 11.0 Å². The fourth-order valence-electron chi connectivity index (χ4n) is 0.890. The first-order chi connectivity index (χ1) is 7.21. The van der Waals surface area contributed by atoms with Gasteiger partial charge in [-0.1, -0.05) is 11.6 Å². The largest absolute Gasteiger partial charge is 0.234 e. The first kappa shape index (κ1) is 14.4. The Morgan fingerprint density at radius 3 is 2.50 bits per heavy atom. The summed E-state index contributed by atoms with van der Waals surface area (Å²) in [6.45, 7) is 7.51. The van der Waals surface area contributed by atoms with Crippen LogP contribution in [-0.4, -0.2) is 14.7 Å². The van der Waals surface area contributed by atoms with E-state index < -0.39 is 11.0 Å². The molecule has 1 aromatic rings. The average molecular weight is 343 g/mol. The fraction of sp³-hybridized carbons (Fsp3) is 0.500. The van der Waals surface area contributed by atoms with Crippen molar-refractivity contribution in [3.8, 4) is 0 Å². The summed E-state index contributed by atoms with van der Waals surface area (Å²) in [5.74, 6) is 0. The summed E-state index contributed by atoms with van der Waals surface area (Å²) in [6, 6.07) is 1.82. The highest BCUT2D eigenvalue weighted by atomic mass is 79.9.